The van der Waals surface area contributed by atoms with Gasteiger partial charge < -0.3 is 23.7 Å². The number of benzene rings is 2. The predicted octanol–water partition coefficient (Wildman–Crippen LogP) is 4.19. The molecular formula is C31H30ClFN4O6S. The van der Waals surface area contributed by atoms with Crippen molar-refractivity contribution >= 4 is 46.4 Å². The van der Waals surface area contributed by atoms with Gasteiger partial charge in [0.1, 0.15) is 25.3 Å². The molecule has 3 unspecified atom stereocenters. The van der Waals surface area contributed by atoms with Crippen LogP contribution in [0.1, 0.15) is 35.5 Å². The molecule has 0 radical (unpaired) electrons. The first-order chi connectivity index (χ1) is 21.1. The van der Waals surface area contributed by atoms with Gasteiger partial charge in [0.15, 0.2) is 5.69 Å². The number of imidazole rings is 1. The highest BCUT2D eigenvalue weighted by molar-refractivity contribution is 8.15. The summed E-state index contributed by atoms with van der Waals surface area (Å²) in [4.78, 5) is 58.7. The summed E-state index contributed by atoms with van der Waals surface area (Å²) in [6, 6.07) is 13.2. The Labute approximate surface area is 261 Å². The number of carbonyl (C=O) groups excluding carboxylic acids is 3. The van der Waals surface area contributed by atoms with E-state index in [1.165, 1.54) is 33.4 Å². The first kappa shape index (κ1) is 31.4. The van der Waals surface area contributed by atoms with Gasteiger partial charge in [-0.25, -0.2) is 13.8 Å². The zero-order valence-corrected chi connectivity index (χ0v) is 25.6. The number of carbonyl (C=O) groups is 3. The molecule has 1 amide bonds. The molecule has 230 valence electrons. The van der Waals surface area contributed by atoms with E-state index in [4.69, 9.17) is 21.1 Å². The molecule has 0 spiro atoms. The van der Waals surface area contributed by atoms with E-state index in [9.17, 15) is 23.6 Å². The highest BCUT2D eigenvalue weighted by Crippen LogP contribution is 2.26. The van der Waals surface area contributed by atoms with Crippen molar-refractivity contribution in [3.8, 4) is 5.75 Å². The second-order valence-electron chi connectivity index (χ2n) is 10.6. The van der Waals surface area contributed by atoms with Gasteiger partial charge in [-0.2, -0.15) is 0 Å². The highest BCUT2D eigenvalue weighted by Gasteiger charge is 2.28. The van der Waals surface area contributed by atoms with Crippen LogP contribution in [0.5, 0.6) is 5.75 Å². The SMILES string of the molecule is CC1CN(C(=O)Cn2ccn3c(=O)c(OCc4ccccc4)c(C(=O)SC(C=O)Cc4ccc(F)c(Cl)c4)nc23)CC(C)O1. The summed E-state index contributed by atoms with van der Waals surface area (Å²) in [6.45, 7) is 4.53. The fourth-order valence-electron chi connectivity index (χ4n) is 5.02. The van der Waals surface area contributed by atoms with Gasteiger partial charge >= 0.3 is 5.56 Å². The molecule has 10 nitrogen and oxygen atoms in total. The Morgan fingerprint density at radius 3 is 2.55 bits per heavy atom. The summed E-state index contributed by atoms with van der Waals surface area (Å²) in [5, 5.41) is -1.66. The van der Waals surface area contributed by atoms with Crippen molar-refractivity contribution < 1.29 is 28.2 Å². The maximum absolute atomic E-state index is 13.7. The number of fused-ring (bicyclic) bond motifs is 1. The van der Waals surface area contributed by atoms with E-state index in [1.54, 1.807) is 11.1 Å². The summed E-state index contributed by atoms with van der Waals surface area (Å²) in [6.07, 6.45) is 3.46. The average molecular weight is 641 g/mol. The van der Waals surface area contributed by atoms with E-state index in [0.29, 0.717) is 36.7 Å². The van der Waals surface area contributed by atoms with Crippen LogP contribution in [0.2, 0.25) is 5.02 Å². The third-order valence-electron chi connectivity index (χ3n) is 7.04. The van der Waals surface area contributed by atoms with Crippen molar-refractivity contribution in [3.63, 3.8) is 0 Å². The summed E-state index contributed by atoms with van der Waals surface area (Å²) >= 11 is 6.56. The molecule has 5 rings (SSSR count). The number of morpholine rings is 1. The number of aromatic nitrogens is 3. The van der Waals surface area contributed by atoms with Crippen LogP contribution in [-0.2, 0) is 33.9 Å². The Balaban J connectivity index is 1.46. The van der Waals surface area contributed by atoms with Gasteiger partial charge in [-0.3, -0.25) is 14.4 Å². The standard InChI is InChI=1S/C31H30ClFN4O6S/c1-19-14-36(15-20(2)43-19)26(39)16-35-10-11-37-29(40)28(42-18-21-6-4-3-5-7-21)27(34-31(35)37)30(41)44-23(17-38)12-22-8-9-25(33)24(32)13-22/h3-11,13,17,19-20,23H,12,14-16,18H2,1-2H3. The Bertz CT molecular complexity index is 1740. The molecule has 2 aromatic carbocycles. The van der Waals surface area contributed by atoms with Crippen molar-refractivity contribution in [2.45, 2.75) is 50.9 Å². The van der Waals surface area contributed by atoms with Gasteiger partial charge in [-0.1, -0.05) is 59.8 Å². The second kappa shape index (κ2) is 13.7. The number of halogens is 2. The summed E-state index contributed by atoms with van der Waals surface area (Å²) in [5.41, 5.74) is 0.403. The van der Waals surface area contributed by atoms with E-state index >= 15 is 0 Å². The zero-order valence-electron chi connectivity index (χ0n) is 24.0. The van der Waals surface area contributed by atoms with E-state index in [1.807, 2.05) is 44.2 Å². The van der Waals surface area contributed by atoms with Gasteiger partial charge in [0, 0.05) is 25.5 Å². The maximum atomic E-state index is 13.7. The molecule has 3 heterocycles. The van der Waals surface area contributed by atoms with Crippen LogP contribution >= 0.6 is 23.4 Å². The molecule has 4 aromatic rings. The van der Waals surface area contributed by atoms with Gasteiger partial charge in [-0.15, -0.1) is 0 Å². The average Bonchev–Trinajstić information content (AvgIpc) is 3.40. The molecule has 1 aliphatic rings. The van der Waals surface area contributed by atoms with Crippen molar-refractivity contribution in [3.05, 3.63) is 98.9 Å². The molecule has 3 atom stereocenters. The van der Waals surface area contributed by atoms with Crippen LogP contribution in [0.3, 0.4) is 0 Å². The Kier molecular flexibility index (Phi) is 9.82. The topological polar surface area (TPSA) is 112 Å². The minimum absolute atomic E-state index is 0.00739. The largest absolute Gasteiger partial charge is 0.481 e. The second-order valence-corrected chi connectivity index (χ2v) is 12.2. The molecule has 0 saturated carbocycles. The molecule has 13 heteroatoms. The lowest BCUT2D eigenvalue weighted by molar-refractivity contribution is -0.143. The summed E-state index contributed by atoms with van der Waals surface area (Å²) in [7, 11) is 0. The van der Waals surface area contributed by atoms with Crippen LogP contribution in [0, 0.1) is 5.82 Å². The van der Waals surface area contributed by atoms with Gasteiger partial charge in [0.2, 0.25) is 22.5 Å². The molecule has 0 aliphatic carbocycles. The van der Waals surface area contributed by atoms with Crippen LogP contribution < -0.4 is 10.3 Å². The van der Waals surface area contributed by atoms with Crippen LogP contribution in [-0.4, -0.2) is 66.7 Å². The van der Waals surface area contributed by atoms with E-state index in [2.05, 4.69) is 4.98 Å². The first-order valence-electron chi connectivity index (χ1n) is 13.9. The summed E-state index contributed by atoms with van der Waals surface area (Å²) < 4.78 is 28.0. The maximum Gasteiger partial charge on any atom is 0.302 e. The Hall–Kier alpha value is -4.00. The molecule has 0 N–H and O–H groups in total. The van der Waals surface area contributed by atoms with Crippen LogP contribution in [0.25, 0.3) is 5.78 Å². The number of ether oxygens (including phenoxy) is 2. The van der Waals surface area contributed by atoms with Crippen LogP contribution in [0.15, 0.2) is 65.7 Å². The number of aldehydes is 1. The van der Waals surface area contributed by atoms with E-state index < -0.39 is 21.7 Å². The third-order valence-corrected chi connectivity index (χ3v) is 8.31. The van der Waals surface area contributed by atoms with Crippen molar-refractivity contribution in [2.24, 2.45) is 0 Å². The molecule has 1 saturated heterocycles. The van der Waals surface area contributed by atoms with Gasteiger partial charge in [0.05, 0.1) is 22.5 Å². The lowest BCUT2D eigenvalue weighted by atomic mass is 10.1. The first-order valence-corrected chi connectivity index (χ1v) is 15.2. The fourth-order valence-corrected chi connectivity index (χ4v) is 6.07. The molecule has 0 bridgehead atoms. The highest BCUT2D eigenvalue weighted by atomic mass is 35.5. The summed E-state index contributed by atoms with van der Waals surface area (Å²) in [5.74, 6) is -0.996. The van der Waals surface area contributed by atoms with Gasteiger partial charge in [-0.05, 0) is 43.5 Å². The number of hydrogen-bond donors (Lipinski definition) is 0. The lowest BCUT2D eigenvalue weighted by Crippen LogP contribution is -2.49. The zero-order chi connectivity index (χ0) is 31.4. The fraction of sp³-hybridized carbons (Fsp3) is 0.323. The Morgan fingerprint density at radius 1 is 1.14 bits per heavy atom. The smallest absolute Gasteiger partial charge is 0.302 e. The molecule has 44 heavy (non-hydrogen) atoms. The molecular weight excluding hydrogens is 611 g/mol. The molecule has 1 fully saturated rings. The Morgan fingerprint density at radius 2 is 1.86 bits per heavy atom. The predicted molar refractivity (Wildman–Crippen MR) is 164 cm³/mol. The normalized spacial score (nSPS) is 17.4. The monoisotopic (exact) mass is 640 g/mol. The lowest BCUT2D eigenvalue weighted by Gasteiger charge is -2.35. The van der Waals surface area contributed by atoms with Crippen molar-refractivity contribution in [2.75, 3.05) is 13.1 Å². The van der Waals surface area contributed by atoms with Crippen molar-refractivity contribution in [1.29, 1.82) is 0 Å². The van der Waals surface area contributed by atoms with E-state index in [0.717, 1.165) is 5.56 Å². The third kappa shape index (κ3) is 7.20. The number of thioether (sulfide) groups is 1. The minimum atomic E-state index is -0.884. The van der Waals surface area contributed by atoms with Gasteiger partial charge in [0.25, 0.3) is 0 Å². The number of hydrogen-bond acceptors (Lipinski definition) is 8. The molecule has 2 aromatic heterocycles. The number of rotatable bonds is 10. The minimum Gasteiger partial charge on any atom is -0.481 e. The quantitative estimate of drug-likeness (QED) is 0.237. The number of amides is 1. The number of nitrogens with zero attached hydrogens (tertiary/aromatic N) is 4. The van der Waals surface area contributed by atoms with Crippen LogP contribution in [0.4, 0.5) is 4.39 Å². The molecule has 1 aliphatic heterocycles. The van der Waals surface area contributed by atoms with E-state index in [-0.39, 0.29) is 59.9 Å². The van der Waals surface area contributed by atoms with Crippen molar-refractivity contribution in [1.82, 2.24) is 18.9 Å².